The van der Waals surface area contributed by atoms with Crippen LogP contribution in [0.5, 0.6) is 5.75 Å². The molecule has 1 aliphatic rings. The average molecular weight is 314 g/mol. The van der Waals surface area contributed by atoms with Gasteiger partial charge in [0.25, 0.3) is 0 Å². The third-order valence-electron chi connectivity index (χ3n) is 3.25. The Hall–Kier alpha value is -1.07. The summed E-state index contributed by atoms with van der Waals surface area (Å²) in [5, 5.41) is 8.72. The van der Waals surface area contributed by atoms with Crippen LogP contribution in [0.25, 0.3) is 0 Å². The molecule has 0 bridgehead atoms. The number of benzene rings is 1. The topological polar surface area (TPSA) is 49.8 Å². The molecule has 0 aliphatic carbocycles. The van der Waals surface area contributed by atoms with Crippen LogP contribution >= 0.6 is 15.9 Å². The van der Waals surface area contributed by atoms with Gasteiger partial charge in [0.15, 0.2) is 0 Å². The smallest absolute Gasteiger partial charge is 0.304 e. The summed E-state index contributed by atoms with van der Waals surface area (Å²) < 4.78 is 6.27. The number of ether oxygens (including phenoxy) is 1. The molecule has 1 N–H and O–H groups in total. The van der Waals surface area contributed by atoms with Crippen LogP contribution in [0.4, 0.5) is 0 Å². The van der Waals surface area contributed by atoms with E-state index in [0.717, 1.165) is 29.7 Å². The summed E-state index contributed by atoms with van der Waals surface area (Å²) in [5.74, 6) is 0.0827. The maximum absolute atomic E-state index is 10.6. The lowest BCUT2D eigenvalue weighted by molar-refractivity contribution is -0.137. The highest BCUT2D eigenvalue weighted by molar-refractivity contribution is 9.10. The van der Waals surface area contributed by atoms with Crippen LogP contribution in [0.3, 0.4) is 0 Å². The van der Waals surface area contributed by atoms with Crippen molar-refractivity contribution in [1.82, 2.24) is 4.90 Å². The Morgan fingerprint density at radius 3 is 3.00 bits per heavy atom. The van der Waals surface area contributed by atoms with Gasteiger partial charge in [0.2, 0.25) is 0 Å². The van der Waals surface area contributed by atoms with E-state index in [-0.39, 0.29) is 6.42 Å². The van der Waals surface area contributed by atoms with E-state index in [1.807, 2.05) is 6.07 Å². The normalized spacial score (nSPS) is 15.2. The predicted molar refractivity (Wildman–Crippen MR) is 71.9 cm³/mol. The van der Waals surface area contributed by atoms with Crippen LogP contribution in [-0.4, -0.2) is 36.2 Å². The van der Waals surface area contributed by atoms with E-state index in [4.69, 9.17) is 9.84 Å². The molecule has 0 radical (unpaired) electrons. The van der Waals surface area contributed by atoms with Gasteiger partial charge in [-0.2, -0.15) is 0 Å². The molecule has 0 unspecified atom stereocenters. The van der Waals surface area contributed by atoms with Crippen LogP contribution in [0, 0.1) is 0 Å². The van der Waals surface area contributed by atoms with Gasteiger partial charge < -0.3 is 9.84 Å². The fourth-order valence-corrected chi connectivity index (χ4v) is 2.90. The van der Waals surface area contributed by atoms with Crippen LogP contribution in [0.15, 0.2) is 16.6 Å². The van der Waals surface area contributed by atoms with Gasteiger partial charge in [-0.3, -0.25) is 9.69 Å². The molecule has 0 fully saturated rings. The second kappa shape index (κ2) is 5.71. The molecule has 0 aromatic heterocycles. The number of hydrogen-bond acceptors (Lipinski definition) is 3. The van der Waals surface area contributed by atoms with E-state index in [1.165, 1.54) is 11.1 Å². The van der Waals surface area contributed by atoms with Crippen LogP contribution in [0.1, 0.15) is 17.5 Å². The van der Waals surface area contributed by atoms with Crippen molar-refractivity contribution < 1.29 is 14.6 Å². The van der Waals surface area contributed by atoms with Gasteiger partial charge in [-0.1, -0.05) is 6.07 Å². The standard InChI is InChI=1S/C13H16BrNO3/c1-18-11-3-2-9-4-6-15(7-5-12(16)17)8-10(9)13(11)14/h2-3H,4-8H2,1H3,(H,16,17). The van der Waals surface area contributed by atoms with Gasteiger partial charge >= 0.3 is 5.97 Å². The molecular weight excluding hydrogens is 298 g/mol. The summed E-state index contributed by atoms with van der Waals surface area (Å²) >= 11 is 3.57. The summed E-state index contributed by atoms with van der Waals surface area (Å²) in [5.41, 5.74) is 2.53. The largest absolute Gasteiger partial charge is 0.496 e. The van der Waals surface area contributed by atoms with Crippen molar-refractivity contribution in [2.75, 3.05) is 20.2 Å². The minimum atomic E-state index is -0.745. The zero-order valence-electron chi connectivity index (χ0n) is 10.3. The molecule has 1 aromatic carbocycles. The Morgan fingerprint density at radius 2 is 2.33 bits per heavy atom. The summed E-state index contributed by atoms with van der Waals surface area (Å²) in [7, 11) is 1.65. The molecule has 0 saturated heterocycles. The quantitative estimate of drug-likeness (QED) is 0.926. The number of carboxylic acids is 1. The molecule has 18 heavy (non-hydrogen) atoms. The third kappa shape index (κ3) is 2.84. The van der Waals surface area contributed by atoms with Crippen molar-refractivity contribution in [3.05, 3.63) is 27.7 Å². The third-order valence-corrected chi connectivity index (χ3v) is 4.12. The minimum absolute atomic E-state index is 0.191. The first-order chi connectivity index (χ1) is 8.61. The highest BCUT2D eigenvalue weighted by Gasteiger charge is 2.20. The Balaban J connectivity index is 2.14. The SMILES string of the molecule is COc1ccc2c(c1Br)CN(CCC(=O)O)CC2. The van der Waals surface area contributed by atoms with Crippen LogP contribution in [-0.2, 0) is 17.8 Å². The summed E-state index contributed by atoms with van der Waals surface area (Å²) in [6, 6.07) is 4.06. The van der Waals surface area contributed by atoms with Crippen molar-refractivity contribution in [3.63, 3.8) is 0 Å². The number of hydrogen-bond donors (Lipinski definition) is 1. The number of carbonyl (C=O) groups is 1. The average Bonchev–Trinajstić information content (AvgIpc) is 2.37. The van der Waals surface area contributed by atoms with Crippen molar-refractivity contribution >= 4 is 21.9 Å². The lowest BCUT2D eigenvalue weighted by Crippen LogP contribution is -2.32. The number of rotatable bonds is 4. The summed E-state index contributed by atoms with van der Waals surface area (Å²) in [6.45, 7) is 2.29. The van der Waals surface area contributed by atoms with Gasteiger partial charge in [-0.05, 0) is 39.5 Å². The van der Waals surface area contributed by atoms with Gasteiger partial charge in [0.05, 0.1) is 18.0 Å². The van der Waals surface area contributed by atoms with Crippen molar-refractivity contribution in [2.45, 2.75) is 19.4 Å². The van der Waals surface area contributed by atoms with Crippen molar-refractivity contribution in [3.8, 4) is 5.75 Å². The highest BCUT2D eigenvalue weighted by atomic mass is 79.9. The number of halogens is 1. The van der Waals surface area contributed by atoms with Gasteiger partial charge in [-0.25, -0.2) is 0 Å². The summed E-state index contributed by atoms with van der Waals surface area (Å²) in [4.78, 5) is 12.8. The Morgan fingerprint density at radius 1 is 1.56 bits per heavy atom. The van der Waals surface area contributed by atoms with Crippen LogP contribution in [0.2, 0.25) is 0 Å². The first-order valence-electron chi connectivity index (χ1n) is 5.90. The van der Waals surface area contributed by atoms with Crippen LogP contribution < -0.4 is 4.74 Å². The van der Waals surface area contributed by atoms with Gasteiger partial charge in [0.1, 0.15) is 5.75 Å². The number of carboxylic acid groups (broad SMARTS) is 1. The van der Waals surface area contributed by atoms with Gasteiger partial charge in [0, 0.05) is 19.6 Å². The van der Waals surface area contributed by atoms with E-state index >= 15 is 0 Å². The number of fused-ring (bicyclic) bond motifs is 1. The number of aliphatic carboxylic acids is 1. The molecule has 0 spiro atoms. The first kappa shape index (κ1) is 13.4. The molecule has 0 saturated carbocycles. The van der Waals surface area contributed by atoms with E-state index in [2.05, 4.69) is 26.9 Å². The van der Waals surface area contributed by atoms with Crippen molar-refractivity contribution in [2.24, 2.45) is 0 Å². The number of methoxy groups -OCH3 is 1. The zero-order valence-corrected chi connectivity index (χ0v) is 11.9. The maximum Gasteiger partial charge on any atom is 0.304 e. The summed E-state index contributed by atoms with van der Waals surface area (Å²) in [6.07, 6.45) is 1.15. The highest BCUT2D eigenvalue weighted by Crippen LogP contribution is 2.34. The second-order valence-electron chi connectivity index (χ2n) is 4.39. The Labute approximate surface area is 115 Å². The Bertz CT molecular complexity index is 462. The zero-order chi connectivity index (χ0) is 13.1. The maximum atomic E-state index is 10.6. The molecule has 0 atom stereocenters. The first-order valence-corrected chi connectivity index (χ1v) is 6.69. The molecule has 1 aromatic rings. The fourth-order valence-electron chi connectivity index (χ4n) is 2.23. The van der Waals surface area contributed by atoms with Gasteiger partial charge in [-0.15, -0.1) is 0 Å². The molecule has 4 nitrogen and oxygen atoms in total. The lowest BCUT2D eigenvalue weighted by atomic mass is 9.99. The molecule has 1 aliphatic heterocycles. The van der Waals surface area contributed by atoms with E-state index in [9.17, 15) is 4.79 Å². The lowest BCUT2D eigenvalue weighted by Gasteiger charge is -2.29. The minimum Gasteiger partial charge on any atom is -0.496 e. The van der Waals surface area contributed by atoms with E-state index in [1.54, 1.807) is 7.11 Å². The monoisotopic (exact) mass is 313 g/mol. The molecule has 1 heterocycles. The fraction of sp³-hybridized carbons (Fsp3) is 0.462. The Kier molecular flexibility index (Phi) is 4.24. The van der Waals surface area contributed by atoms with Crippen molar-refractivity contribution in [1.29, 1.82) is 0 Å². The molecule has 5 heteroatoms. The second-order valence-corrected chi connectivity index (χ2v) is 5.18. The van der Waals surface area contributed by atoms with E-state index in [0.29, 0.717) is 6.54 Å². The molecule has 2 rings (SSSR count). The molecular formula is C13H16BrNO3. The molecule has 0 amide bonds. The number of nitrogens with zero attached hydrogens (tertiary/aromatic N) is 1. The predicted octanol–water partition coefficient (Wildman–Crippen LogP) is 2.29. The van der Waals surface area contributed by atoms with E-state index < -0.39 is 5.97 Å². The molecule has 98 valence electrons.